The lowest BCUT2D eigenvalue weighted by Gasteiger charge is -2.38. The summed E-state index contributed by atoms with van der Waals surface area (Å²) in [6.45, 7) is 3.61. The minimum atomic E-state index is -3.37. The Morgan fingerprint density at radius 2 is 1.90 bits per heavy atom. The van der Waals surface area contributed by atoms with Gasteiger partial charge in [-0.1, -0.05) is 30.3 Å². The van der Waals surface area contributed by atoms with Crippen molar-refractivity contribution in [1.29, 1.82) is 0 Å². The summed E-state index contributed by atoms with van der Waals surface area (Å²) in [7, 11) is -1.67. The predicted octanol–water partition coefficient (Wildman–Crippen LogP) is 2.73. The molecule has 2 unspecified atom stereocenters. The molecule has 162 valence electrons. The molecule has 2 aromatic carbocycles. The number of anilines is 1. The lowest BCUT2D eigenvalue weighted by atomic mass is 10.1. The largest absolute Gasteiger partial charge is 0.367 e. The fourth-order valence-electron chi connectivity index (χ4n) is 3.47. The van der Waals surface area contributed by atoms with Gasteiger partial charge in [0.25, 0.3) is 0 Å². The number of halogens is 1. The maximum Gasteiger partial charge on any atom is 0.229 e. The van der Waals surface area contributed by atoms with Gasteiger partial charge in [-0.25, -0.2) is 12.8 Å². The number of rotatable bonds is 5. The van der Waals surface area contributed by atoms with Gasteiger partial charge in [0, 0.05) is 20.1 Å². The Morgan fingerprint density at radius 1 is 1.20 bits per heavy atom. The summed E-state index contributed by atoms with van der Waals surface area (Å²) < 4.78 is 45.1. The lowest BCUT2D eigenvalue weighted by molar-refractivity contribution is -0.0605. The molecule has 7 nitrogen and oxygen atoms in total. The number of nitrogens with one attached hydrogen (secondary N) is 2. The van der Waals surface area contributed by atoms with Crippen LogP contribution < -0.4 is 10.0 Å². The minimum absolute atomic E-state index is 0.0356. The van der Waals surface area contributed by atoms with Crippen molar-refractivity contribution in [2.75, 3.05) is 31.1 Å². The molecule has 1 aliphatic rings. The summed E-state index contributed by atoms with van der Waals surface area (Å²) in [5.41, 5.74) is 2.24. The highest BCUT2D eigenvalue weighted by Gasteiger charge is 2.28. The molecule has 2 aromatic rings. The monoisotopic (exact) mass is 434 g/mol. The number of benzene rings is 2. The average molecular weight is 435 g/mol. The molecule has 9 heteroatoms. The molecule has 0 aromatic heterocycles. The molecule has 0 saturated carbocycles. The van der Waals surface area contributed by atoms with Crippen LogP contribution in [-0.4, -0.2) is 51.8 Å². The summed E-state index contributed by atoms with van der Waals surface area (Å²) in [4.78, 5) is 6.48. The zero-order valence-corrected chi connectivity index (χ0v) is 18.1. The third-order valence-electron chi connectivity index (χ3n) is 4.76. The van der Waals surface area contributed by atoms with Crippen molar-refractivity contribution >= 4 is 21.7 Å². The van der Waals surface area contributed by atoms with Gasteiger partial charge in [0.15, 0.2) is 5.96 Å². The molecule has 1 fully saturated rings. The maximum atomic E-state index is 13.3. The Labute approximate surface area is 177 Å². The Hall–Kier alpha value is -2.65. The van der Waals surface area contributed by atoms with Gasteiger partial charge in [-0.05, 0) is 36.2 Å². The molecule has 1 heterocycles. The van der Waals surface area contributed by atoms with Crippen LogP contribution in [0.4, 0.5) is 10.1 Å². The molecule has 2 N–H and O–H groups in total. The first-order chi connectivity index (χ1) is 14.2. The van der Waals surface area contributed by atoms with Crippen molar-refractivity contribution in [3.63, 3.8) is 0 Å². The van der Waals surface area contributed by atoms with Crippen LogP contribution in [0, 0.1) is 5.82 Å². The van der Waals surface area contributed by atoms with Crippen LogP contribution in [0.15, 0.2) is 53.5 Å². The number of nitrogens with zero attached hydrogens (tertiary/aromatic N) is 2. The van der Waals surface area contributed by atoms with Gasteiger partial charge < -0.3 is 15.0 Å². The third-order valence-corrected chi connectivity index (χ3v) is 5.35. The van der Waals surface area contributed by atoms with E-state index in [4.69, 9.17) is 4.74 Å². The van der Waals surface area contributed by atoms with Crippen LogP contribution in [0.25, 0.3) is 0 Å². The molecule has 3 rings (SSSR count). The van der Waals surface area contributed by atoms with E-state index in [0.29, 0.717) is 31.3 Å². The lowest BCUT2D eigenvalue weighted by Crippen LogP contribution is -2.50. The van der Waals surface area contributed by atoms with Gasteiger partial charge >= 0.3 is 0 Å². The first-order valence-electron chi connectivity index (χ1n) is 9.67. The number of sulfonamides is 1. The predicted molar refractivity (Wildman–Crippen MR) is 116 cm³/mol. The van der Waals surface area contributed by atoms with E-state index in [2.05, 4.69) is 19.9 Å². The Bertz CT molecular complexity index is 996. The molecular weight excluding hydrogens is 407 g/mol. The summed E-state index contributed by atoms with van der Waals surface area (Å²) >= 11 is 0. The van der Waals surface area contributed by atoms with E-state index in [1.54, 1.807) is 31.3 Å². The van der Waals surface area contributed by atoms with Crippen LogP contribution in [0.2, 0.25) is 0 Å². The summed E-state index contributed by atoms with van der Waals surface area (Å²) in [6.07, 6.45) is 0.888. The standard InChI is InChI=1S/C21H27FN4O3S/c1-15-13-26(14-20(29-15)16-8-10-18(22)11-9-16)21(23-2)24-12-17-6-4-5-7-19(17)25-30(3,27)28/h4-11,15,20,25H,12-14H2,1-3H3,(H,23,24). The minimum Gasteiger partial charge on any atom is -0.367 e. The van der Waals surface area contributed by atoms with E-state index in [0.717, 1.165) is 17.4 Å². The van der Waals surface area contributed by atoms with Crippen LogP contribution in [-0.2, 0) is 21.3 Å². The number of aliphatic imine (C=N–C) groups is 1. The van der Waals surface area contributed by atoms with Crippen LogP contribution >= 0.6 is 0 Å². The number of hydrogen-bond donors (Lipinski definition) is 2. The first kappa shape index (κ1) is 22.0. The molecule has 30 heavy (non-hydrogen) atoms. The second-order valence-electron chi connectivity index (χ2n) is 7.32. The molecule has 2 atom stereocenters. The highest BCUT2D eigenvalue weighted by atomic mass is 32.2. The molecule has 1 saturated heterocycles. The third kappa shape index (κ3) is 5.93. The summed E-state index contributed by atoms with van der Waals surface area (Å²) in [6, 6.07) is 13.6. The molecular formula is C21H27FN4O3S. The fourth-order valence-corrected chi connectivity index (χ4v) is 4.06. The Kier molecular flexibility index (Phi) is 6.94. The van der Waals surface area contributed by atoms with Crippen molar-refractivity contribution in [3.8, 4) is 0 Å². The van der Waals surface area contributed by atoms with E-state index in [1.165, 1.54) is 12.1 Å². The Balaban J connectivity index is 1.71. The molecule has 0 bridgehead atoms. The zero-order chi connectivity index (χ0) is 21.7. The molecule has 1 aliphatic heterocycles. The van der Waals surface area contributed by atoms with E-state index in [9.17, 15) is 12.8 Å². The molecule has 0 amide bonds. The van der Waals surface area contributed by atoms with Gasteiger partial charge in [-0.3, -0.25) is 9.71 Å². The summed E-state index contributed by atoms with van der Waals surface area (Å²) in [5.74, 6) is 0.407. The van der Waals surface area contributed by atoms with Crippen molar-refractivity contribution in [3.05, 3.63) is 65.5 Å². The first-order valence-corrected chi connectivity index (χ1v) is 11.6. The van der Waals surface area contributed by atoms with Crippen molar-refractivity contribution in [2.45, 2.75) is 25.7 Å². The van der Waals surface area contributed by atoms with E-state index in [-0.39, 0.29) is 18.0 Å². The number of guanidine groups is 1. The van der Waals surface area contributed by atoms with Gasteiger partial charge in [0.1, 0.15) is 11.9 Å². The highest BCUT2D eigenvalue weighted by molar-refractivity contribution is 7.92. The zero-order valence-electron chi connectivity index (χ0n) is 17.3. The van der Waals surface area contributed by atoms with Gasteiger partial charge in [-0.2, -0.15) is 0 Å². The molecule has 0 radical (unpaired) electrons. The number of ether oxygens (including phenoxy) is 1. The van der Waals surface area contributed by atoms with Gasteiger partial charge in [-0.15, -0.1) is 0 Å². The normalized spacial score (nSPS) is 20.1. The van der Waals surface area contributed by atoms with Crippen LogP contribution in [0.1, 0.15) is 24.2 Å². The average Bonchev–Trinajstić information content (AvgIpc) is 2.68. The SMILES string of the molecule is CN=C(NCc1ccccc1NS(C)(=O)=O)N1CC(C)OC(c2ccc(F)cc2)C1. The molecule has 0 spiro atoms. The van der Waals surface area contributed by atoms with Gasteiger partial charge in [0.05, 0.1) is 24.6 Å². The van der Waals surface area contributed by atoms with Crippen LogP contribution in [0.5, 0.6) is 0 Å². The Morgan fingerprint density at radius 3 is 2.57 bits per heavy atom. The number of morpholine rings is 1. The van der Waals surface area contributed by atoms with Crippen molar-refractivity contribution in [1.82, 2.24) is 10.2 Å². The van der Waals surface area contributed by atoms with Crippen LogP contribution in [0.3, 0.4) is 0 Å². The second-order valence-corrected chi connectivity index (χ2v) is 9.07. The summed E-state index contributed by atoms with van der Waals surface area (Å²) in [5, 5.41) is 3.31. The van der Waals surface area contributed by atoms with E-state index < -0.39 is 10.0 Å². The quantitative estimate of drug-likeness (QED) is 0.559. The fraction of sp³-hybridized carbons (Fsp3) is 0.381. The van der Waals surface area contributed by atoms with E-state index >= 15 is 0 Å². The highest BCUT2D eigenvalue weighted by Crippen LogP contribution is 2.25. The maximum absolute atomic E-state index is 13.3. The molecule has 0 aliphatic carbocycles. The van der Waals surface area contributed by atoms with Gasteiger partial charge in [0.2, 0.25) is 10.0 Å². The second kappa shape index (κ2) is 9.44. The number of hydrogen-bond acceptors (Lipinski definition) is 4. The van der Waals surface area contributed by atoms with E-state index in [1.807, 2.05) is 19.1 Å². The van der Waals surface area contributed by atoms with Crippen molar-refractivity contribution < 1.29 is 17.5 Å². The topological polar surface area (TPSA) is 83.0 Å². The van der Waals surface area contributed by atoms with Crippen molar-refractivity contribution in [2.24, 2.45) is 4.99 Å². The number of para-hydroxylation sites is 1. The smallest absolute Gasteiger partial charge is 0.229 e.